The number of para-hydroxylation sites is 1. The lowest BCUT2D eigenvalue weighted by Crippen LogP contribution is -2.09. The number of nitrogens with zero attached hydrogens (tertiary/aromatic N) is 1. The zero-order valence-electron chi connectivity index (χ0n) is 22.9. The van der Waals surface area contributed by atoms with Gasteiger partial charge >= 0.3 is 0 Å². The van der Waals surface area contributed by atoms with Gasteiger partial charge in [-0.15, -0.1) is 11.3 Å². The Bertz CT molecular complexity index is 2180. The Morgan fingerprint density at radius 3 is 1.71 bits per heavy atom. The maximum atomic E-state index is 2.39. The average Bonchev–Trinajstić information content (AvgIpc) is 3.46. The van der Waals surface area contributed by atoms with E-state index >= 15 is 0 Å². The Labute approximate surface area is 249 Å². The second kappa shape index (κ2) is 10.3. The summed E-state index contributed by atoms with van der Waals surface area (Å²) >= 11 is 1.89. The minimum atomic E-state index is 1.14. The van der Waals surface area contributed by atoms with E-state index in [1.54, 1.807) is 0 Å². The number of hydrogen-bond acceptors (Lipinski definition) is 2. The van der Waals surface area contributed by atoms with Crippen LogP contribution in [0.25, 0.3) is 53.2 Å². The third-order valence-corrected chi connectivity index (χ3v) is 9.33. The number of fused-ring (bicyclic) bond motifs is 5. The van der Waals surface area contributed by atoms with E-state index in [9.17, 15) is 0 Å². The highest BCUT2D eigenvalue weighted by atomic mass is 32.1. The topological polar surface area (TPSA) is 3.24 Å². The van der Waals surface area contributed by atoms with Gasteiger partial charge in [0.2, 0.25) is 0 Å². The zero-order chi connectivity index (χ0) is 27.9. The normalized spacial score (nSPS) is 11.3. The minimum absolute atomic E-state index is 1.14. The number of anilines is 3. The van der Waals surface area contributed by atoms with Crippen LogP contribution in [0.4, 0.5) is 17.1 Å². The van der Waals surface area contributed by atoms with Gasteiger partial charge in [-0.25, -0.2) is 0 Å². The fraction of sp³-hybridized carbons (Fsp3) is 0. The van der Waals surface area contributed by atoms with Gasteiger partial charge < -0.3 is 4.90 Å². The molecule has 0 amide bonds. The van der Waals surface area contributed by atoms with E-state index in [-0.39, 0.29) is 0 Å². The van der Waals surface area contributed by atoms with Crippen molar-refractivity contribution in [2.45, 2.75) is 0 Å². The molecule has 1 heterocycles. The van der Waals surface area contributed by atoms with Crippen LogP contribution in [0, 0.1) is 0 Å². The highest BCUT2D eigenvalue weighted by molar-refractivity contribution is 7.27. The summed E-state index contributed by atoms with van der Waals surface area (Å²) in [7, 11) is 0. The van der Waals surface area contributed by atoms with Crippen molar-refractivity contribution < 1.29 is 0 Å². The van der Waals surface area contributed by atoms with Crippen molar-refractivity contribution in [2.24, 2.45) is 0 Å². The van der Waals surface area contributed by atoms with Crippen LogP contribution in [-0.4, -0.2) is 0 Å². The van der Waals surface area contributed by atoms with Gasteiger partial charge in [0.1, 0.15) is 0 Å². The number of benzene rings is 7. The Balaban J connectivity index is 1.26. The molecule has 0 saturated heterocycles. The molecule has 8 rings (SSSR count). The number of hydrogen-bond donors (Lipinski definition) is 0. The maximum Gasteiger partial charge on any atom is 0.0640 e. The van der Waals surface area contributed by atoms with Crippen LogP contribution in [0.15, 0.2) is 164 Å². The quantitative estimate of drug-likeness (QED) is 0.205. The van der Waals surface area contributed by atoms with Gasteiger partial charge in [-0.1, -0.05) is 127 Å². The molecule has 198 valence electrons. The van der Waals surface area contributed by atoms with Crippen molar-refractivity contribution in [3.05, 3.63) is 164 Å². The molecule has 0 unspecified atom stereocenters. The van der Waals surface area contributed by atoms with Crippen LogP contribution >= 0.6 is 11.3 Å². The largest absolute Gasteiger partial charge is 0.309 e. The summed E-state index contributed by atoms with van der Waals surface area (Å²) in [5.41, 5.74) is 8.36. The molecule has 0 aliphatic rings. The molecule has 42 heavy (non-hydrogen) atoms. The summed E-state index contributed by atoms with van der Waals surface area (Å²) < 4.78 is 2.64. The molecule has 7 aromatic carbocycles. The monoisotopic (exact) mass is 553 g/mol. The molecule has 1 aromatic heterocycles. The summed E-state index contributed by atoms with van der Waals surface area (Å²) in [6.07, 6.45) is 0. The first-order valence-corrected chi connectivity index (χ1v) is 15.1. The van der Waals surface area contributed by atoms with Gasteiger partial charge in [0.05, 0.1) is 10.4 Å². The van der Waals surface area contributed by atoms with E-state index in [1.165, 1.54) is 58.9 Å². The van der Waals surface area contributed by atoms with Crippen LogP contribution < -0.4 is 4.90 Å². The predicted molar refractivity (Wildman–Crippen MR) is 182 cm³/mol. The lowest BCUT2D eigenvalue weighted by Gasteiger charge is -2.26. The smallest absolute Gasteiger partial charge is 0.0640 e. The van der Waals surface area contributed by atoms with Gasteiger partial charge in [0.15, 0.2) is 0 Å². The fourth-order valence-corrected chi connectivity index (χ4v) is 7.34. The Morgan fingerprint density at radius 2 is 0.929 bits per heavy atom. The SMILES string of the molecule is c1ccc(-c2cccc(-c3ccc(N(c4ccccc4)c4cccc5c4sc4c6ccccc6ccc54)cc3)c2)cc1. The molecule has 0 fully saturated rings. The number of thiophene rings is 1. The molecule has 0 atom stereocenters. The highest BCUT2D eigenvalue weighted by Crippen LogP contribution is 2.46. The molecule has 0 aliphatic carbocycles. The molecular formula is C40H27NS. The molecule has 0 N–H and O–H groups in total. The fourth-order valence-electron chi connectivity index (χ4n) is 6.00. The lowest BCUT2D eigenvalue weighted by atomic mass is 9.99. The molecule has 0 radical (unpaired) electrons. The van der Waals surface area contributed by atoms with Gasteiger partial charge in [-0.2, -0.15) is 0 Å². The molecule has 8 aromatic rings. The zero-order valence-corrected chi connectivity index (χ0v) is 23.8. The Kier molecular flexibility index (Phi) is 6.05. The highest BCUT2D eigenvalue weighted by Gasteiger charge is 2.18. The molecule has 1 nitrogen and oxygen atoms in total. The first kappa shape index (κ1) is 24.6. The van der Waals surface area contributed by atoms with Crippen LogP contribution in [0.1, 0.15) is 0 Å². The van der Waals surface area contributed by atoms with Gasteiger partial charge in [0.25, 0.3) is 0 Å². The van der Waals surface area contributed by atoms with Gasteiger partial charge in [-0.05, 0) is 69.4 Å². The van der Waals surface area contributed by atoms with Crippen molar-refractivity contribution in [3.8, 4) is 22.3 Å². The third-order valence-electron chi connectivity index (χ3n) is 8.05. The van der Waals surface area contributed by atoms with Crippen molar-refractivity contribution in [2.75, 3.05) is 4.90 Å². The van der Waals surface area contributed by atoms with Gasteiger partial charge in [0, 0.05) is 26.8 Å². The van der Waals surface area contributed by atoms with Crippen LogP contribution in [0.3, 0.4) is 0 Å². The standard InChI is InChI=1S/C40H27NS/c1-3-11-28(12-4-1)31-14-9-15-32(27-31)29-21-24-34(25-22-29)41(33-16-5-2-6-17-33)38-20-10-19-36-37-26-23-30-13-7-8-18-35(30)39(37)42-40(36)38/h1-27H. The third kappa shape index (κ3) is 4.25. The van der Waals surface area contributed by atoms with Crippen molar-refractivity contribution in [1.82, 2.24) is 0 Å². The van der Waals surface area contributed by atoms with Crippen LogP contribution in [0.2, 0.25) is 0 Å². The first-order valence-electron chi connectivity index (χ1n) is 14.3. The van der Waals surface area contributed by atoms with Crippen molar-refractivity contribution >= 4 is 59.3 Å². The van der Waals surface area contributed by atoms with Crippen molar-refractivity contribution in [1.29, 1.82) is 0 Å². The first-order chi connectivity index (χ1) is 20.8. The summed E-state index contributed by atoms with van der Waals surface area (Å²) in [5, 5.41) is 5.21. The Hall–Kier alpha value is -5.18. The van der Waals surface area contributed by atoms with E-state index in [1.807, 2.05) is 11.3 Å². The van der Waals surface area contributed by atoms with E-state index in [4.69, 9.17) is 0 Å². The summed E-state index contributed by atoms with van der Waals surface area (Å²) in [4.78, 5) is 2.39. The van der Waals surface area contributed by atoms with E-state index < -0.39 is 0 Å². The maximum absolute atomic E-state index is 2.39. The second-order valence-electron chi connectivity index (χ2n) is 10.6. The molecule has 0 aliphatic heterocycles. The average molecular weight is 554 g/mol. The lowest BCUT2D eigenvalue weighted by molar-refractivity contribution is 1.30. The molecule has 0 bridgehead atoms. The van der Waals surface area contributed by atoms with Crippen molar-refractivity contribution in [3.63, 3.8) is 0 Å². The molecule has 2 heteroatoms. The predicted octanol–water partition coefficient (Wildman–Crippen LogP) is 12.0. The Morgan fingerprint density at radius 1 is 0.357 bits per heavy atom. The van der Waals surface area contributed by atoms with E-state index in [0.717, 1.165) is 11.4 Å². The van der Waals surface area contributed by atoms with Crippen LogP contribution in [0.5, 0.6) is 0 Å². The van der Waals surface area contributed by atoms with E-state index in [0.29, 0.717) is 0 Å². The molecule has 0 spiro atoms. The van der Waals surface area contributed by atoms with Gasteiger partial charge in [-0.3, -0.25) is 0 Å². The summed E-state index contributed by atoms with van der Waals surface area (Å²) in [5.74, 6) is 0. The summed E-state index contributed by atoms with van der Waals surface area (Å²) in [6.45, 7) is 0. The molecular weight excluding hydrogens is 527 g/mol. The number of rotatable bonds is 5. The minimum Gasteiger partial charge on any atom is -0.309 e. The second-order valence-corrected chi connectivity index (χ2v) is 11.6. The van der Waals surface area contributed by atoms with Crippen LogP contribution in [-0.2, 0) is 0 Å². The van der Waals surface area contributed by atoms with E-state index in [2.05, 4.69) is 169 Å². The molecule has 0 saturated carbocycles. The summed E-state index contributed by atoms with van der Waals surface area (Å²) in [6, 6.07) is 59.0.